The lowest BCUT2D eigenvalue weighted by Gasteiger charge is -2.31. The van der Waals surface area contributed by atoms with Crippen LogP contribution in [0.4, 0.5) is 0 Å². The Morgan fingerprint density at radius 2 is 2.00 bits per heavy atom. The highest BCUT2D eigenvalue weighted by Gasteiger charge is 2.24. The molecule has 0 saturated heterocycles. The summed E-state index contributed by atoms with van der Waals surface area (Å²) in [6.07, 6.45) is 3.69. The molecule has 2 heteroatoms. The molecule has 60 valence electrons. The van der Waals surface area contributed by atoms with Gasteiger partial charge in [-0.2, -0.15) is 0 Å². The molecule has 1 aliphatic carbocycles. The SMILES string of the molecule is CC1CCC(C)C(NO)C1. The minimum Gasteiger partial charge on any atom is -0.317 e. The molecule has 1 fully saturated rings. The number of hydroxylamine groups is 1. The summed E-state index contributed by atoms with van der Waals surface area (Å²) < 4.78 is 0. The molecule has 0 aromatic rings. The van der Waals surface area contributed by atoms with Crippen LogP contribution in [-0.2, 0) is 0 Å². The van der Waals surface area contributed by atoms with Crippen LogP contribution in [-0.4, -0.2) is 11.2 Å². The summed E-state index contributed by atoms with van der Waals surface area (Å²) in [6.45, 7) is 4.44. The molecule has 0 aliphatic heterocycles. The summed E-state index contributed by atoms with van der Waals surface area (Å²) in [5.74, 6) is 1.42. The Balaban J connectivity index is 2.38. The van der Waals surface area contributed by atoms with Gasteiger partial charge in [0.15, 0.2) is 0 Å². The number of hydrogen-bond acceptors (Lipinski definition) is 2. The van der Waals surface area contributed by atoms with Crippen LogP contribution in [0.25, 0.3) is 0 Å². The Morgan fingerprint density at radius 1 is 1.30 bits per heavy atom. The molecule has 3 atom stereocenters. The summed E-state index contributed by atoms with van der Waals surface area (Å²) in [6, 6.07) is 0.337. The van der Waals surface area contributed by atoms with E-state index in [1.165, 1.54) is 12.8 Å². The zero-order valence-electron chi connectivity index (χ0n) is 6.80. The van der Waals surface area contributed by atoms with Gasteiger partial charge < -0.3 is 5.21 Å². The molecule has 2 nitrogen and oxygen atoms in total. The van der Waals surface area contributed by atoms with Crippen LogP contribution in [0.1, 0.15) is 33.1 Å². The summed E-state index contributed by atoms with van der Waals surface area (Å²) in [4.78, 5) is 0. The zero-order valence-corrected chi connectivity index (χ0v) is 6.80. The molecular formula is C8H17NO. The van der Waals surface area contributed by atoms with E-state index in [1.807, 2.05) is 0 Å². The highest BCUT2D eigenvalue weighted by molar-refractivity contribution is 4.78. The fourth-order valence-corrected chi connectivity index (χ4v) is 1.71. The predicted octanol–water partition coefficient (Wildman–Crippen LogP) is 1.79. The van der Waals surface area contributed by atoms with Crippen LogP contribution >= 0.6 is 0 Å². The van der Waals surface area contributed by atoms with E-state index in [1.54, 1.807) is 0 Å². The number of nitrogens with one attached hydrogen (secondary N) is 1. The van der Waals surface area contributed by atoms with E-state index >= 15 is 0 Å². The molecule has 0 bridgehead atoms. The van der Waals surface area contributed by atoms with Crippen molar-refractivity contribution >= 4 is 0 Å². The lowest BCUT2D eigenvalue weighted by molar-refractivity contribution is 0.0678. The third kappa shape index (κ3) is 1.70. The van der Waals surface area contributed by atoms with Crippen molar-refractivity contribution in [3.05, 3.63) is 0 Å². The van der Waals surface area contributed by atoms with Crippen LogP contribution in [0, 0.1) is 11.8 Å². The Hall–Kier alpha value is -0.0800. The zero-order chi connectivity index (χ0) is 7.56. The van der Waals surface area contributed by atoms with Crippen LogP contribution in [0.15, 0.2) is 0 Å². The highest BCUT2D eigenvalue weighted by atomic mass is 16.5. The quantitative estimate of drug-likeness (QED) is 0.548. The molecule has 0 spiro atoms. The second-order valence-electron chi connectivity index (χ2n) is 3.63. The van der Waals surface area contributed by atoms with Crippen LogP contribution in [0.3, 0.4) is 0 Å². The maximum Gasteiger partial charge on any atom is 0.0347 e. The maximum atomic E-state index is 8.73. The van der Waals surface area contributed by atoms with Gasteiger partial charge in [-0.15, -0.1) is 0 Å². The van der Waals surface area contributed by atoms with Crippen LogP contribution < -0.4 is 5.48 Å². The Bertz CT molecular complexity index is 105. The van der Waals surface area contributed by atoms with Crippen molar-refractivity contribution in [2.75, 3.05) is 0 Å². The third-order valence-corrected chi connectivity index (χ3v) is 2.62. The van der Waals surface area contributed by atoms with Gasteiger partial charge in [0, 0.05) is 6.04 Å². The van der Waals surface area contributed by atoms with Crippen molar-refractivity contribution in [2.24, 2.45) is 11.8 Å². The van der Waals surface area contributed by atoms with E-state index in [4.69, 9.17) is 5.21 Å². The molecule has 0 heterocycles. The first-order valence-corrected chi connectivity index (χ1v) is 4.13. The van der Waals surface area contributed by atoms with Crippen LogP contribution in [0.5, 0.6) is 0 Å². The Morgan fingerprint density at radius 3 is 2.50 bits per heavy atom. The van der Waals surface area contributed by atoms with Crippen LogP contribution in [0.2, 0.25) is 0 Å². The average molecular weight is 143 g/mol. The smallest absolute Gasteiger partial charge is 0.0347 e. The summed E-state index contributed by atoms with van der Waals surface area (Å²) >= 11 is 0. The molecule has 0 radical (unpaired) electrons. The first kappa shape index (κ1) is 8.02. The molecule has 10 heavy (non-hydrogen) atoms. The summed E-state index contributed by atoms with van der Waals surface area (Å²) in [5, 5.41) is 8.73. The van der Waals surface area contributed by atoms with Crippen molar-refractivity contribution in [3.8, 4) is 0 Å². The molecule has 3 unspecified atom stereocenters. The van der Waals surface area contributed by atoms with Gasteiger partial charge >= 0.3 is 0 Å². The van der Waals surface area contributed by atoms with Gasteiger partial charge in [0.2, 0.25) is 0 Å². The largest absolute Gasteiger partial charge is 0.317 e. The van der Waals surface area contributed by atoms with Gasteiger partial charge in [-0.1, -0.05) is 20.3 Å². The van der Waals surface area contributed by atoms with Crippen molar-refractivity contribution in [1.82, 2.24) is 5.48 Å². The topological polar surface area (TPSA) is 32.3 Å². The second-order valence-corrected chi connectivity index (χ2v) is 3.63. The molecule has 0 aromatic heterocycles. The molecule has 1 rings (SSSR count). The van der Waals surface area contributed by atoms with E-state index in [-0.39, 0.29) is 0 Å². The van der Waals surface area contributed by atoms with Gasteiger partial charge in [-0.25, -0.2) is 5.48 Å². The van der Waals surface area contributed by atoms with Crippen molar-refractivity contribution in [3.63, 3.8) is 0 Å². The molecular weight excluding hydrogens is 126 g/mol. The first-order chi connectivity index (χ1) is 4.74. The van der Waals surface area contributed by atoms with Gasteiger partial charge in [0.05, 0.1) is 0 Å². The van der Waals surface area contributed by atoms with E-state index < -0.39 is 0 Å². The van der Waals surface area contributed by atoms with Gasteiger partial charge in [0.1, 0.15) is 0 Å². The first-order valence-electron chi connectivity index (χ1n) is 4.13. The van der Waals surface area contributed by atoms with Gasteiger partial charge in [-0.3, -0.25) is 0 Å². The van der Waals surface area contributed by atoms with Gasteiger partial charge in [0.25, 0.3) is 0 Å². The Kier molecular flexibility index (Phi) is 2.69. The van der Waals surface area contributed by atoms with E-state index in [2.05, 4.69) is 19.3 Å². The van der Waals surface area contributed by atoms with Crippen molar-refractivity contribution in [2.45, 2.75) is 39.2 Å². The van der Waals surface area contributed by atoms with E-state index in [0.29, 0.717) is 12.0 Å². The lowest BCUT2D eigenvalue weighted by Crippen LogP contribution is -2.37. The lowest BCUT2D eigenvalue weighted by atomic mass is 9.80. The number of rotatable bonds is 1. The number of hydrogen-bond donors (Lipinski definition) is 2. The van der Waals surface area contributed by atoms with E-state index in [0.717, 1.165) is 12.3 Å². The second kappa shape index (κ2) is 3.35. The monoisotopic (exact) mass is 143 g/mol. The predicted molar refractivity (Wildman–Crippen MR) is 40.9 cm³/mol. The third-order valence-electron chi connectivity index (χ3n) is 2.62. The highest BCUT2D eigenvalue weighted by Crippen LogP contribution is 2.27. The fourth-order valence-electron chi connectivity index (χ4n) is 1.71. The Labute approximate surface area is 62.6 Å². The molecule has 1 saturated carbocycles. The molecule has 2 N–H and O–H groups in total. The molecule has 0 aromatic carbocycles. The normalized spacial score (nSPS) is 41.7. The molecule has 1 aliphatic rings. The average Bonchev–Trinajstić information content (AvgIpc) is 1.94. The minimum absolute atomic E-state index is 0.337. The molecule has 0 amide bonds. The minimum atomic E-state index is 0.337. The standard InChI is InChI=1S/C8H17NO/c1-6-3-4-7(2)8(5-6)9-10/h6-10H,3-5H2,1-2H3. The van der Waals surface area contributed by atoms with Gasteiger partial charge in [-0.05, 0) is 24.7 Å². The maximum absolute atomic E-state index is 8.73. The van der Waals surface area contributed by atoms with E-state index in [9.17, 15) is 0 Å². The summed E-state index contributed by atoms with van der Waals surface area (Å²) in [5.41, 5.74) is 2.38. The van der Waals surface area contributed by atoms with Crippen molar-refractivity contribution < 1.29 is 5.21 Å². The summed E-state index contributed by atoms with van der Waals surface area (Å²) in [7, 11) is 0. The van der Waals surface area contributed by atoms with Crippen molar-refractivity contribution in [1.29, 1.82) is 0 Å². The fraction of sp³-hybridized carbons (Fsp3) is 1.00.